The van der Waals surface area contributed by atoms with E-state index < -0.39 is 0 Å². The second kappa shape index (κ2) is 5.08. The van der Waals surface area contributed by atoms with Crippen LogP contribution in [0.5, 0.6) is 0 Å². The minimum atomic E-state index is 0.505. The molecule has 4 heterocycles. The zero-order valence-corrected chi connectivity index (χ0v) is 13.9. The molecule has 9 heteroatoms. The first-order valence-electron chi connectivity index (χ1n) is 7.57. The molecular weight excluding hydrogens is 336 g/mol. The Morgan fingerprint density at radius 1 is 1.16 bits per heavy atom. The van der Waals surface area contributed by atoms with E-state index >= 15 is 0 Å². The number of thiophene rings is 1. The highest BCUT2D eigenvalue weighted by atomic mass is 32.1. The predicted molar refractivity (Wildman–Crippen MR) is 96.1 cm³/mol. The molecule has 0 saturated heterocycles. The summed E-state index contributed by atoms with van der Waals surface area (Å²) in [5, 5.41) is 21.4. The van der Waals surface area contributed by atoms with Crippen molar-refractivity contribution < 1.29 is 0 Å². The molecule has 0 fully saturated rings. The normalized spacial score (nSPS) is 11.6. The van der Waals surface area contributed by atoms with Crippen LogP contribution in [0.15, 0.2) is 36.0 Å². The molecule has 4 aromatic heterocycles. The molecule has 0 saturated carbocycles. The highest BCUT2D eigenvalue weighted by Gasteiger charge is 2.17. The van der Waals surface area contributed by atoms with Gasteiger partial charge in [0.15, 0.2) is 11.5 Å². The Bertz CT molecular complexity index is 1220. The molecule has 0 aliphatic heterocycles. The largest absolute Gasteiger partial charge is 0.383 e. The van der Waals surface area contributed by atoms with Gasteiger partial charge in [-0.15, -0.1) is 16.4 Å². The van der Waals surface area contributed by atoms with Crippen molar-refractivity contribution in [1.29, 1.82) is 0 Å². The summed E-state index contributed by atoms with van der Waals surface area (Å²) in [6.45, 7) is 2.08. The Morgan fingerprint density at radius 2 is 2.08 bits per heavy atom. The maximum atomic E-state index is 6.43. The third-order valence-corrected chi connectivity index (χ3v) is 5.03. The van der Waals surface area contributed by atoms with E-state index in [1.807, 2.05) is 0 Å². The minimum Gasteiger partial charge on any atom is -0.383 e. The van der Waals surface area contributed by atoms with E-state index in [4.69, 9.17) is 5.73 Å². The number of rotatable bonds is 2. The summed E-state index contributed by atoms with van der Waals surface area (Å²) in [6.07, 6.45) is 3.44. The van der Waals surface area contributed by atoms with Gasteiger partial charge in [-0.3, -0.25) is 0 Å². The molecule has 0 spiro atoms. The number of aromatic amines is 1. The molecule has 0 bridgehead atoms. The number of aromatic nitrogens is 7. The Hall–Kier alpha value is -3.33. The molecule has 1 aromatic carbocycles. The van der Waals surface area contributed by atoms with E-state index in [1.165, 1.54) is 10.3 Å². The molecule has 5 rings (SSSR count). The Morgan fingerprint density at radius 3 is 2.92 bits per heavy atom. The van der Waals surface area contributed by atoms with Crippen molar-refractivity contribution in [3.63, 3.8) is 0 Å². The van der Waals surface area contributed by atoms with Crippen molar-refractivity contribution in [2.24, 2.45) is 0 Å². The summed E-state index contributed by atoms with van der Waals surface area (Å²) in [5.74, 6) is 1.03. The van der Waals surface area contributed by atoms with Crippen molar-refractivity contribution in [3.8, 4) is 22.5 Å². The van der Waals surface area contributed by atoms with Gasteiger partial charge in [0.1, 0.15) is 5.82 Å². The van der Waals surface area contributed by atoms with Gasteiger partial charge in [-0.25, -0.2) is 10.1 Å². The van der Waals surface area contributed by atoms with Crippen LogP contribution in [0.1, 0.15) is 5.56 Å². The lowest BCUT2D eigenvalue weighted by atomic mass is 10.0. The van der Waals surface area contributed by atoms with Crippen LogP contribution in [-0.4, -0.2) is 35.2 Å². The van der Waals surface area contributed by atoms with E-state index in [-0.39, 0.29) is 0 Å². The third-order valence-electron chi connectivity index (χ3n) is 4.17. The molecule has 0 aliphatic rings. The van der Waals surface area contributed by atoms with E-state index in [0.717, 1.165) is 16.5 Å². The summed E-state index contributed by atoms with van der Waals surface area (Å²) in [5.41, 5.74) is 10.8. The number of benzene rings is 1. The minimum absolute atomic E-state index is 0.505. The zero-order chi connectivity index (χ0) is 17.0. The van der Waals surface area contributed by atoms with Gasteiger partial charge in [0.25, 0.3) is 0 Å². The average molecular weight is 348 g/mol. The predicted octanol–water partition coefficient (Wildman–Crippen LogP) is 2.68. The van der Waals surface area contributed by atoms with Gasteiger partial charge in [-0.05, 0) is 46.0 Å². The number of fused-ring (bicyclic) bond motifs is 2. The first kappa shape index (κ1) is 14.1. The standard InChI is InChI=1S/C16H12N8S/c1-8-4-10(9-2-3-25-13(9)5-8)11-6-18-16-12(15-20-22-23-21-15)7-19-24(16)14(11)17/h2-7H,17H2,1H3,(H,20,21,22,23). The van der Waals surface area contributed by atoms with Crippen LogP contribution in [0.4, 0.5) is 5.82 Å². The zero-order valence-electron chi connectivity index (χ0n) is 13.1. The Balaban J connectivity index is 1.78. The number of tetrazole rings is 1. The lowest BCUT2D eigenvalue weighted by molar-refractivity contribution is 0.881. The van der Waals surface area contributed by atoms with E-state index in [1.54, 1.807) is 28.2 Å². The van der Waals surface area contributed by atoms with Crippen LogP contribution >= 0.6 is 11.3 Å². The van der Waals surface area contributed by atoms with E-state index in [9.17, 15) is 0 Å². The van der Waals surface area contributed by atoms with Crippen molar-refractivity contribution in [3.05, 3.63) is 41.5 Å². The van der Waals surface area contributed by atoms with Crippen LogP contribution in [0.25, 0.3) is 38.2 Å². The fourth-order valence-electron chi connectivity index (χ4n) is 3.03. The number of nitrogens with two attached hydrogens (primary N) is 1. The maximum Gasteiger partial charge on any atom is 0.184 e. The average Bonchev–Trinajstić information content (AvgIpc) is 3.34. The summed E-state index contributed by atoms with van der Waals surface area (Å²) < 4.78 is 2.84. The van der Waals surface area contributed by atoms with E-state index in [0.29, 0.717) is 22.9 Å². The second-order valence-electron chi connectivity index (χ2n) is 5.75. The third kappa shape index (κ3) is 2.02. The maximum absolute atomic E-state index is 6.43. The molecule has 122 valence electrons. The van der Waals surface area contributed by atoms with Crippen molar-refractivity contribution in [2.45, 2.75) is 6.92 Å². The molecule has 0 aliphatic carbocycles. The van der Waals surface area contributed by atoms with Gasteiger partial charge < -0.3 is 5.73 Å². The fraction of sp³-hybridized carbons (Fsp3) is 0.0625. The lowest BCUT2D eigenvalue weighted by Crippen LogP contribution is -2.03. The Kier molecular flexibility index (Phi) is 2.86. The summed E-state index contributed by atoms with van der Waals surface area (Å²) >= 11 is 1.71. The number of nitrogen functional groups attached to an aromatic ring is 1. The highest BCUT2D eigenvalue weighted by Crippen LogP contribution is 2.36. The van der Waals surface area contributed by atoms with Crippen LogP contribution in [-0.2, 0) is 0 Å². The molecule has 5 aromatic rings. The molecule has 0 amide bonds. The number of aryl methyl sites for hydroxylation is 1. The number of H-pyrrole nitrogens is 1. The molecule has 25 heavy (non-hydrogen) atoms. The molecular formula is C16H12N8S. The van der Waals surface area contributed by atoms with E-state index in [2.05, 4.69) is 61.2 Å². The lowest BCUT2D eigenvalue weighted by Gasteiger charge is -2.10. The molecule has 0 unspecified atom stereocenters. The number of nitrogens with one attached hydrogen (secondary N) is 1. The second-order valence-corrected chi connectivity index (χ2v) is 6.69. The molecule has 0 radical (unpaired) electrons. The van der Waals surface area contributed by atoms with Gasteiger partial charge in [0.05, 0.1) is 11.8 Å². The number of hydrogen-bond acceptors (Lipinski definition) is 7. The van der Waals surface area contributed by atoms with Crippen LogP contribution in [0.3, 0.4) is 0 Å². The monoisotopic (exact) mass is 348 g/mol. The van der Waals surface area contributed by atoms with Gasteiger partial charge in [-0.2, -0.15) is 9.61 Å². The first-order valence-corrected chi connectivity index (χ1v) is 8.45. The molecule has 3 N–H and O–H groups in total. The summed E-state index contributed by atoms with van der Waals surface area (Å²) in [7, 11) is 0. The van der Waals surface area contributed by atoms with Crippen molar-refractivity contribution in [2.75, 3.05) is 5.73 Å². The summed E-state index contributed by atoms with van der Waals surface area (Å²) in [4.78, 5) is 4.56. The van der Waals surface area contributed by atoms with Crippen molar-refractivity contribution in [1.82, 2.24) is 35.2 Å². The van der Waals surface area contributed by atoms with Gasteiger partial charge in [-0.1, -0.05) is 6.07 Å². The smallest absolute Gasteiger partial charge is 0.184 e. The topological polar surface area (TPSA) is 111 Å². The highest BCUT2D eigenvalue weighted by molar-refractivity contribution is 7.17. The van der Waals surface area contributed by atoms with Gasteiger partial charge in [0, 0.05) is 21.8 Å². The van der Waals surface area contributed by atoms with Crippen molar-refractivity contribution >= 4 is 32.9 Å². The van der Waals surface area contributed by atoms with Crippen LogP contribution in [0, 0.1) is 6.92 Å². The van der Waals surface area contributed by atoms with Gasteiger partial charge >= 0.3 is 0 Å². The molecule has 0 atom stereocenters. The number of hydrogen-bond donors (Lipinski definition) is 2. The fourth-order valence-corrected chi connectivity index (χ4v) is 3.94. The quantitative estimate of drug-likeness (QED) is 0.507. The van der Waals surface area contributed by atoms with Crippen LogP contribution < -0.4 is 5.73 Å². The SMILES string of the molecule is Cc1cc(-c2cnc3c(-c4nnn[nH]4)cnn3c2N)c2ccsc2c1. The first-order chi connectivity index (χ1) is 12.2. The number of anilines is 1. The number of nitrogens with zero attached hydrogens (tertiary/aromatic N) is 6. The van der Waals surface area contributed by atoms with Crippen LogP contribution in [0.2, 0.25) is 0 Å². The molecule has 8 nitrogen and oxygen atoms in total. The Labute approximate surface area is 145 Å². The summed E-state index contributed by atoms with van der Waals surface area (Å²) in [6, 6.07) is 6.40. The van der Waals surface area contributed by atoms with Gasteiger partial charge in [0.2, 0.25) is 0 Å².